The topological polar surface area (TPSA) is 131 Å². The van der Waals surface area contributed by atoms with Crippen molar-refractivity contribution in [3.63, 3.8) is 0 Å². The largest absolute Gasteiger partial charge is 0.445 e. The Hall–Kier alpha value is -3.63. The summed E-state index contributed by atoms with van der Waals surface area (Å²) in [6, 6.07) is 19.3. The van der Waals surface area contributed by atoms with Gasteiger partial charge in [-0.2, -0.15) is 0 Å². The summed E-state index contributed by atoms with van der Waals surface area (Å²) < 4.78 is 10.3. The minimum atomic E-state index is -0.408. The Labute approximate surface area is 259 Å². The zero-order valence-electron chi connectivity index (χ0n) is 26.0. The molecule has 2 aliphatic heterocycles. The number of hydrogen-bond donors (Lipinski definition) is 2. The van der Waals surface area contributed by atoms with E-state index in [0.29, 0.717) is 32.8 Å². The van der Waals surface area contributed by atoms with Crippen molar-refractivity contribution in [2.24, 2.45) is 16.6 Å². The first-order valence-electron chi connectivity index (χ1n) is 14.2. The van der Waals surface area contributed by atoms with E-state index in [0.717, 1.165) is 11.1 Å². The molecule has 43 heavy (non-hydrogen) atoms. The molecule has 0 unspecified atom stereocenters. The van der Waals surface area contributed by atoms with Crippen LogP contribution in [-0.2, 0) is 32.3 Å². The number of likely N-dealkylation sites (tertiary alicyclic amines) is 2. The van der Waals surface area contributed by atoms with Gasteiger partial charge < -0.3 is 30.3 Å². The lowest BCUT2D eigenvalue weighted by atomic mass is 9.94. The van der Waals surface area contributed by atoms with Gasteiger partial charge in [0.25, 0.3) is 0 Å². The summed E-state index contributed by atoms with van der Waals surface area (Å²) in [5.41, 5.74) is 6.74. The van der Waals surface area contributed by atoms with Crippen LogP contribution in [0.3, 0.4) is 0 Å². The first-order valence-corrected chi connectivity index (χ1v) is 14.6. The first-order chi connectivity index (χ1) is 20.1. The van der Waals surface area contributed by atoms with Crippen LogP contribution in [0.1, 0.15) is 52.7 Å². The quantitative estimate of drug-likeness (QED) is 0.455. The molecule has 0 saturated carbocycles. The molecule has 0 radical (unpaired) electrons. The predicted molar refractivity (Wildman–Crippen MR) is 166 cm³/mol. The summed E-state index contributed by atoms with van der Waals surface area (Å²) in [4.78, 5) is 48.4. The Morgan fingerprint density at radius 3 is 1.44 bits per heavy atom. The van der Waals surface area contributed by atoms with Gasteiger partial charge >= 0.3 is 12.2 Å². The zero-order valence-corrected chi connectivity index (χ0v) is 26.7. The average molecular weight is 617 g/mol. The molecule has 2 aliphatic rings. The SMILES string of the molecule is CC(C)(C)C(=O)Cl.CC(C)(C)C(=O)NC1CN(C(=O)OCc2ccccc2)C1.NC1CN(C(=O)OCc2ccccc2)C1. The molecule has 0 atom stereocenters. The van der Waals surface area contributed by atoms with E-state index in [1.165, 1.54) is 0 Å². The minimum absolute atomic E-state index is 0.00445. The predicted octanol–water partition coefficient (Wildman–Crippen LogP) is 4.93. The van der Waals surface area contributed by atoms with E-state index >= 15 is 0 Å². The highest BCUT2D eigenvalue weighted by Crippen LogP contribution is 2.17. The van der Waals surface area contributed by atoms with Gasteiger partial charge in [-0.05, 0) is 22.7 Å². The zero-order chi connectivity index (χ0) is 32.2. The fourth-order valence-corrected chi connectivity index (χ4v) is 3.40. The molecule has 2 saturated heterocycles. The van der Waals surface area contributed by atoms with E-state index in [1.54, 1.807) is 30.6 Å². The molecular weight excluding hydrogens is 572 g/mol. The molecule has 11 heteroatoms. The van der Waals surface area contributed by atoms with Gasteiger partial charge in [0, 0.05) is 43.1 Å². The summed E-state index contributed by atoms with van der Waals surface area (Å²) in [7, 11) is 0. The number of ether oxygens (including phenoxy) is 2. The van der Waals surface area contributed by atoms with E-state index in [-0.39, 0.29) is 47.4 Å². The van der Waals surface area contributed by atoms with Crippen LogP contribution in [0, 0.1) is 10.8 Å². The third-order valence-electron chi connectivity index (χ3n) is 6.32. The van der Waals surface area contributed by atoms with Crippen molar-refractivity contribution in [1.82, 2.24) is 15.1 Å². The number of benzene rings is 2. The van der Waals surface area contributed by atoms with E-state index in [4.69, 9.17) is 26.8 Å². The fourth-order valence-electron chi connectivity index (χ4n) is 3.40. The van der Waals surface area contributed by atoms with Crippen LogP contribution >= 0.6 is 11.6 Å². The molecule has 3 amide bonds. The monoisotopic (exact) mass is 616 g/mol. The molecule has 2 heterocycles. The lowest BCUT2D eigenvalue weighted by Gasteiger charge is -2.39. The van der Waals surface area contributed by atoms with Crippen molar-refractivity contribution in [2.45, 2.75) is 66.8 Å². The van der Waals surface area contributed by atoms with Crippen LogP contribution in [0.2, 0.25) is 0 Å². The van der Waals surface area contributed by atoms with E-state index in [2.05, 4.69) is 5.32 Å². The molecule has 0 spiro atoms. The molecule has 2 aromatic rings. The van der Waals surface area contributed by atoms with Gasteiger partial charge in [0.05, 0.1) is 6.04 Å². The maximum atomic E-state index is 11.8. The number of nitrogens with zero attached hydrogens (tertiary/aromatic N) is 2. The molecule has 3 N–H and O–H groups in total. The maximum Gasteiger partial charge on any atom is 0.410 e. The molecule has 2 fully saturated rings. The Morgan fingerprint density at radius 2 is 1.12 bits per heavy atom. The molecule has 0 aliphatic carbocycles. The molecule has 4 rings (SSSR count). The molecule has 236 valence electrons. The summed E-state index contributed by atoms with van der Waals surface area (Å²) in [6.45, 7) is 13.8. The van der Waals surface area contributed by atoms with Crippen molar-refractivity contribution in [3.05, 3.63) is 71.8 Å². The highest BCUT2D eigenvalue weighted by molar-refractivity contribution is 6.64. The van der Waals surface area contributed by atoms with Crippen LogP contribution in [0.5, 0.6) is 0 Å². The third kappa shape index (κ3) is 13.0. The van der Waals surface area contributed by atoms with Crippen LogP contribution in [0.4, 0.5) is 9.59 Å². The van der Waals surface area contributed by atoms with Gasteiger partial charge in [-0.25, -0.2) is 9.59 Å². The van der Waals surface area contributed by atoms with Crippen molar-refractivity contribution < 1.29 is 28.7 Å². The molecule has 0 bridgehead atoms. The van der Waals surface area contributed by atoms with E-state index in [9.17, 15) is 19.2 Å². The smallest absolute Gasteiger partial charge is 0.410 e. The van der Waals surface area contributed by atoms with Crippen LogP contribution in [0.25, 0.3) is 0 Å². The van der Waals surface area contributed by atoms with Crippen molar-refractivity contribution >= 4 is 34.9 Å². The number of halogens is 1. The standard InChI is InChI=1S/C16H22N2O3.C11H14N2O2.C5H9ClO/c1-16(2,3)14(19)17-13-9-18(10-13)15(20)21-11-12-7-5-4-6-8-12;12-10-6-13(7-10)11(14)15-8-9-4-2-1-3-5-9;1-5(2,3)4(6)7/h4-8,13H,9-11H2,1-3H3,(H,17,19);1-5,10H,6-8,12H2;1-3H3. The lowest BCUT2D eigenvalue weighted by Crippen LogP contribution is -2.62. The van der Waals surface area contributed by atoms with Crippen LogP contribution in [-0.4, -0.2) is 71.4 Å². The summed E-state index contributed by atoms with van der Waals surface area (Å²) in [5, 5.41) is 2.64. The Bertz CT molecular complexity index is 1190. The van der Waals surface area contributed by atoms with Crippen molar-refractivity contribution in [1.29, 1.82) is 0 Å². The highest BCUT2D eigenvalue weighted by atomic mass is 35.5. The summed E-state index contributed by atoms with van der Waals surface area (Å²) in [5.74, 6) is 0.00445. The Balaban J connectivity index is 0.000000255. The van der Waals surface area contributed by atoms with Gasteiger partial charge in [-0.15, -0.1) is 0 Å². The van der Waals surface area contributed by atoms with E-state index in [1.807, 2.05) is 81.4 Å². The fraction of sp³-hybridized carbons (Fsp3) is 0.500. The second-order valence-electron chi connectivity index (χ2n) is 12.6. The summed E-state index contributed by atoms with van der Waals surface area (Å²) in [6.07, 6.45) is -0.610. The van der Waals surface area contributed by atoms with Gasteiger partial charge in [-0.1, -0.05) is 102 Å². The number of carbonyl (C=O) groups is 4. The number of carbonyl (C=O) groups excluding carboxylic acids is 4. The van der Waals surface area contributed by atoms with Crippen molar-refractivity contribution in [3.8, 4) is 0 Å². The highest BCUT2D eigenvalue weighted by Gasteiger charge is 2.35. The minimum Gasteiger partial charge on any atom is -0.445 e. The second kappa shape index (κ2) is 16.3. The second-order valence-corrected chi connectivity index (χ2v) is 12.9. The van der Waals surface area contributed by atoms with Gasteiger partial charge in [0.1, 0.15) is 13.2 Å². The number of hydrogen-bond acceptors (Lipinski definition) is 7. The third-order valence-corrected chi connectivity index (χ3v) is 6.89. The molecular formula is C32H45ClN4O6. The number of amides is 3. The maximum absolute atomic E-state index is 11.8. The molecule has 0 aromatic heterocycles. The van der Waals surface area contributed by atoms with Gasteiger partial charge in [0.2, 0.25) is 11.1 Å². The number of nitrogens with two attached hydrogens (primary N) is 1. The first kappa shape index (κ1) is 35.6. The van der Waals surface area contributed by atoms with Gasteiger partial charge in [-0.3, -0.25) is 9.59 Å². The summed E-state index contributed by atoms with van der Waals surface area (Å²) >= 11 is 5.11. The normalized spacial score (nSPS) is 14.9. The van der Waals surface area contributed by atoms with Crippen LogP contribution in [0.15, 0.2) is 60.7 Å². The Morgan fingerprint density at radius 1 is 0.744 bits per heavy atom. The van der Waals surface area contributed by atoms with E-state index < -0.39 is 5.41 Å². The average Bonchev–Trinajstić information content (AvgIpc) is 2.91. The Kier molecular flexibility index (Phi) is 13.5. The molecule has 10 nitrogen and oxygen atoms in total. The lowest BCUT2D eigenvalue weighted by molar-refractivity contribution is -0.130. The van der Waals surface area contributed by atoms with Gasteiger partial charge in [0.15, 0.2) is 0 Å². The number of rotatable bonds is 5. The molecule has 2 aromatic carbocycles. The van der Waals surface area contributed by atoms with Crippen LogP contribution < -0.4 is 11.1 Å². The van der Waals surface area contributed by atoms with Crippen molar-refractivity contribution in [2.75, 3.05) is 26.2 Å². The number of nitrogens with one attached hydrogen (secondary N) is 1.